The molecule has 0 saturated heterocycles. The van der Waals surface area contributed by atoms with Gasteiger partial charge in [-0.3, -0.25) is 0 Å². The summed E-state index contributed by atoms with van der Waals surface area (Å²) in [6, 6.07) is 92.5. The Labute approximate surface area is 385 Å². The molecule has 0 aliphatic heterocycles. The molecule has 0 fully saturated rings. The van der Waals surface area contributed by atoms with Crippen molar-refractivity contribution in [2.24, 2.45) is 0 Å². The van der Waals surface area contributed by atoms with E-state index in [0.717, 1.165) is 17.1 Å². The molecule has 66 heavy (non-hydrogen) atoms. The molecule has 306 valence electrons. The first-order chi connectivity index (χ1) is 32.7. The molecular weight excluding hydrogens is 795 g/mol. The van der Waals surface area contributed by atoms with Gasteiger partial charge in [0.1, 0.15) is 0 Å². The molecule has 1 nitrogen and oxygen atoms in total. The first kappa shape index (κ1) is 36.9. The van der Waals surface area contributed by atoms with E-state index in [4.69, 9.17) is 0 Å². The molecule has 1 spiro atoms. The second-order valence-corrected chi connectivity index (χ2v) is 17.9. The van der Waals surface area contributed by atoms with Crippen LogP contribution in [-0.2, 0) is 5.41 Å². The van der Waals surface area contributed by atoms with Gasteiger partial charge in [-0.15, -0.1) is 0 Å². The minimum atomic E-state index is -0.523. The van der Waals surface area contributed by atoms with Crippen LogP contribution < -0.4 is 4.90 Å². The van der Waals surface area contributed by atoms with Crippen LogP contribution in [0.2, 0.25) is 0 Å². The molecule has 0 bridgehead atoms. The fourth-order valence-electron chi connectivity index (χ4n) is 11.8. The Kier molecular flexibility index (Phi) is 7.97. The van der Waals surface area contributed by atoms with Crippen molar-refractivity contribution in [3.63, 3.8) is 0 Å². The van der Waals surface area contributed by atoms with Crippen molar-refractivity contribution >= 4 is 27.8 Å². The lowest BCUT2D eigenvalue weighted by atomic mass is 9.70. The van der Waals surface area contributed by atoms with E-state index in [1.165, 1.54) is 111 Å². The summed E-state index contributed by atoms with van der Waals surface area (Å²) in [5, 5.41) is 2.70. The van der Waals surface area contributed by atoms with Gasteiger partial charge >= 0.3 is 0 Å². The number of nitrogens with zero attached hydrogens (tertiary/aromatic N) is 1. The minimum absolute atomic E-state index is 0.523. The van der Waals surface area contributed by atoms with Crippen molar-refractivity contribution in [3.8, 4) is 77.9 Å². The zero-order valence-electron chi connectivity index (χ0n) is 36.1. The second kappa shape index (κ2) is 14.2. The van der Waals surface area contributed by atoms with E-state index in [-0.39, 0.29) is 0 Å². The molecule has 1 unspecified atom stereocenters. The highest BCUT2D eigenvalue weighted by atomic mass is 15.1. The number of fused-ring (bicyclic) bond motifs is 14. The summed E-state index contributed by atoms with van der Waals surface area (Å²) in [5.74, 6) is 0. The zero-order chi connectivity index (χ0) is 43.3. The summed E-state index contributed by atoms with van der Waals surface area (Å²) in [4.78, 5) is 2.44. The van der Waals surface area contributed by atoms with Crippen molar-refractivity contribution in [1.82, 2.24) is 0 Å². The highest BCUT2D eigenvalue weighted by Gasteiger charge is 2.53. The van der Waals surface area contributed by atoms with Crippen LogP contribution in [0.25, 0.3) is 88.7 Å². The van der Waals surface area contributed by atoms with Gasteiger partial charge in [-0.05, 0) is 153 Å². The highest BCUT2D eigenvalue weighted by molar-refractivity contribution is 6.21. The van der Waals surface area contributed by atoms with Crippen molar-refractivity contribution < 1.29 is 0 Å². The van der Waals surface area contributed by atoms with Gasteiger partial charge < -0.3 is 4.90 Å². The monoisotopic (exact) mass is 835 g/mol. The molecule has 3 aliphatic carbocycles. The van der Waals surface area contributed by atoms with E-state index in [1.807, 2.05) is 0 Å². The lowest BCUT2D eigenvalue weighted by Gasteiger charge is -2.32. The molecular formula is C65H41N. The SMILES string of the molecule is c1ccc(-c2ccc(-c3ccc(N(c4ccc(-c5ccccc5)cc4)c4ccc5c(c4)C4(c6ccccc6-5)c5ccccc5-c5c4cc4c6c(cccc56)-c5ccccc5-4)cc3)cc2)cc1. The third kappa shape index (κ3) is 5.23. The van der Waals surface area contributed by atoms with Gasteiger partial charge in [-0.1, -0.05) is 206 Å². The molecule has 3 aliphatic rings. The Balaban J connectivity index is 0.969. The first-order valence-corrected chi connectivity index (χ1v) is 23.0. The predicted molar refractivity (Wildman–Crippen MR) is 276 cm³/mol. The summed E-state index contributed by atoms with van der Waals surface area (Å²) in [6.45, 7) is 0. The lowest BCUT2D eigenvalue weighted by Crippen LogP contribution is -2.26. The molecule has 11 aromatic rings. The van der Waals surface area contributed by atoms with E-state index in [2.05, 4.69) is 254 Å². The average Bonchev–Trinajstić information content (AvgIpc) is 4.00. The number of benzene rings is 11. The highest BCUT2D eigenvalue weighted by Crippen LogP contribution is 2.66. The minimum Gasteiger partial charge on any atom is -0.310 e. The zero-order valence-corrected chi connectivity index (χ0v) is 36.1. The molecule has 14 rings (SSSR count). The summed E-state index contributed by atoms with van der Waals surface area (Å²) in [5.41, 5.74) is 26.0. The fourth-order valence-corrected chi connectivity index (χ4v) is 11.8. The molecule has 0 N–H and O–H groups in total. The molecule has 0 saturated carbocycles. The van der Waals surface area contributed by atoms with Gasteiger partial charge in [0.25, 0.3) is 0 Å². The Morgan fingerprint density at radius 1 is 0.242 bits per heavy atom. The van der Waals surface area contributed by atoms with Crippen molar-refractivity contribution in [2.45, 2.75) is 5.41 Å². The van der Waals surface area contributed by atoms with Crippen molar-refractivity contribution in [2.75, 3.05) is 4.90 Å². The maximum atomic E-state index is 2.57. The summed E-state index contributed by atoms with van der Waals surface area (Å²) >= 11 is 0. The Morgan fingerprint density at radius 3 is 1.26 bits per heavy atom. The number of anilines is 3. The predicted octanol–water partition coefficient (Wildman–Crippen LogP) is 17.3. The van der Waals surface area contributed by atoms with Crippen LogP contribution in [0.15, 0.2) is 249 Å². The number of rotatable bonds is 6. The largest absolute Gasteiger partial charge is 0.310 e. The third-order valence-electron chi connectivity index (χ3n) is 14.6. The van der Waals surface area contributed by atoms with E-state index in [9.17, 15) is 0 Å². The van der Waals surface area contributed by atoms with E-state index in [0.29, 0.717) is 0 Å². The van der Waals surface area contributed by atoms with Gasteiger partial charge in [0.2, 0.25) is 0 Å². The van der Waals surface area contributed by atoms with Crippen LogP contribution in [0.5, 0.6) is 0 Å². The topological polar surface area (TPSA) is 3.24 Å². The molecule has 11 aromatic carbocycles. The van der Waals surface area contributed by atoms with Gasteiger partial charge in [-0.2, -0.15) is 0 Å². The Bertz CT molecular complexity index is 3720. The molecule has 0 amide bonds. The van der Waals surface area contributed by atoms with Gasteiger partial charge in [0.15, 0.2) is 0 Å². The third-order valence-corrected chi connectivity index (χ3v) is 14.6. The summed E-state index contributed by atoms with van der Waals surface area (Å²) in [6.07, 6.45) is 0. The second-order valence-electron chi connectivity index (χ2n) is 17.9. The maximum Gasteiger partial charge on any atom is 0.0726 e. The smallest absolute Gasteiger partial charge is 0.0726 e. The Hall–Kier alpha value is -8.52. The molecule has 0 aromatic heterocycles. The lowest BCUT2D eigenvalue weighted by molar-refractivity contribution is 0.794. The van der Waals surface area contributed by atoms with E-state index < -0.39 is 5.41 Å². The quantitative estimate of drug-likeness (QED) is 0.161. The van der Waals surface area contributed by atoms with Crippen molar-refractivity contribution in [3.05, 3.63) is 271 Å². The van der Waals surface area contributed by atoms with Crippen LogP contribution >= 0.6 is 0 Å². The molecule has 1 heteroatoms. The van der Waals surface area contributed by atoms with E-state index >= 15 is 0 Å². The van der Waals surface area contributed by atoms with Gasteiger partial charge in [0, 0.05) is 17.1 Å². The van der Waals surface area contributed by atoms with Crippen LogP contribution in [0.4, 0.5) is 17.1 Å². The Morgan fingerprint density at radius 2 is 0.667 bits per heavy atom. The standard InChI is InChI=1S/C65H41N/c1-3-14-42(15-4-1)44-26-28-45(29-27-44)47-32-36-49(37-33-47)66(48-34-30-46(31-35-48)43-16-5-2-6-17-43)50-38-39-54-53-20-9-11-24-59(53)65(61(54)40-50)60-25-12-10-21-56(60)64-57-23-13-22-55-51-18-7-8-19-52(51)58(63(55)57)41-62(64)65/h1-41H. The number of hydrogen-bond acceptors (Lipinski definition) is 1. The van der Waals surface area contributed by atoms with Gasteiger partial charge in [-0.25, -0.2) is 0 Å². The number of hydrogen-bond donors (Lipinski definition) is 0. The molecule has 0 heterocycles. The van der Waals surface area contributed by atoms with Crippen LogP contribution in [0, 0.1) is 0 Å². The fraction of sp³-hybridized carbons (Fsp3) is 0.0154. The average molecular weight is 836 g/mol. The van der Waals surface area contributed by atoms with E-state index in [1.54, 1.807) is 0 Å². The normalized spacial score (nSPS) is 14.4. The summed E-state index contributed by atoms with van der Waals surface area (Å²) in [7, 11) is 0. The van der Waals surface area contributed by atoms with Crippen LogP contribution in [0.1, 0.15) is 22.3 Å². The summed E-state index contributed by atoms with van der Waals surface area (Å²) < 4.78 is 0. The van der Waals surface area contributed by atoms with Crippen LogP contribution in [0.3, 0.4) is 0 Å². The molecule has 1 atom stereocenters. The van der Waals surface area contributed by atoms with Crippen molar-refractivity contribution in [1.29, 1.82) is 0 Å². The first-order valence-electron chi connectivity index (χ1n) is 23.0. The maximum absolute atomic E-state index is 2.57. The molecule has 0 radical (unpaired) electrons. The van der Waals surface area contributed by atoms with Gasteiger partial charge in [0.05, 0.1) is 5.41 Å². The van der Waals surface area contributed by atoms with Crippen LogP contribution in [-0.4, -0.2) is 0 Å².